The first kappa shape index (κ1) is 6.03. The van der Waals surface area contributed by atoms with Gasteiger partial charge in [0.2, 0.25) is 0 Å². The highest BCUT2D eigenvalue weighted by Crippen LogP contribution is 2.12. The summed E-state index contributed by atoms with van der Waals surface area (Å²) in [6.07, 6.45) is 0. The topological polar surface area (TPSA) is 82.0 Å². The molecule has 1 aromatic rings. The Labute approximate surface area is 55.5 Å². The van der Waals surface area contributed by atoms with Crippen molar-refractivity contribution >= 4 is 23.1 Å². The summed E-state index contributed by atoms with van der Waals surface area (Å²) in [4.78, 5) is 14.4. The van der Waals surface area contributed by atoms with Gasteiger partial charge in [-0.25, -0.2) is 4.98 Å². The van der Waals surface area contributed by atoms with Gasteiger partial charge in [0, 0.05) is 0 Å². The lowest BCUT2D eigenvalue weighted by Gasteiger charge is -1.86. The maximum absolute atomic E-state index is 10.4. The third-order valence-electron chi connectivity index (χ3n) is 0.819. The molecule has 48 valence electrons. The molecule has 0 saturated heterocycles. The number of hydrogen-bond acceptors (Lipinski definition) is 4. The molecule has 0 aliphatic rings. The fourth-order valence-electron chi connectivity index (χ4n) is 0.439. The molecule has 0 bridgehead atoms. The minimum Gasteiger partial charge on any atom is -0.382 e. The lowest BCUT2D eigenvalue weighted by atomic mass is 10.5. The van der Waals surface area contributed by atoms with Crippen molar-refractivity contribution in [3.63, 3.8) is 0 Å². The van der Waals surface area contributed by atoms with E-state index in [9.17, 15) is 4.79 Å². The summed E-state index contributed by atoms with van der Waals surface area (Å²) in [6, 6.07) is 0. The molecule has 1 heterocycles. The van der Waals surface area contributed by atoms with Crippen molar-refractivity contribution in [3.8, 4) is 0 Å². The Morgan fingerprint density at radius 1 is 1.78 bits per heavy atom. The predicted octanol–water partition coefficient (Wildman–Crippen LogP) is -0.176. The first-order chi connectivity index (χ1) is 4.22. The van der Waals surface area contributed by atoms with E-state index in [0.29, 0.717) is 4.88 Å². The quantitative estimate of drug-likeness (QED) is 0.572. The summed E-state index contributed by atoms with van der Waals surface area (Å²) in [6.45, 7) is 0. The Hall–Kier alpha value is -1.10. The number of anilines is 1. The molecule has 0 unspecified atom stereocenters. The van der Waals surface area contributed by atoms with Crippen molar-refractivity contribution in [2.45, 2.75) is 0 Å². The van der Waals surface area contributed by atoms with Crippen molar-refractivity contribution < 1.29 is 4.79 Å². The molecule has 5 heteroatoms. The number of rotatable bonds is 1. The highest BCUT2D eigenvalue weighted by Gasteiger charge is 2.06. The van der Waals surface area contributed by atoms with Crippen LogP contribution < -0.4 is 11.5 Å². The molecule has 9 heavy (non-hydrogen) atoms. The number of amides is 1. The van der Waals surface area contributed by atoms with E-state index in [0.717, 1.165) is 11.3 Å². The molecule has 0 aliphatic carbocycles. The highest BCUT2D eigenvalue weighted by atomic mass is 32.1. The fraction of sp³-hybridized carbons (Fsp3) is 0. The monoisotopic (exact) mass is 143 g/mol. The van der Waals surface area contributed by atoms with Crippen LogP contribution in [0.5, 0.6) is 0 Å². The number of thiazole rings is 1. The summed E-state index contributed by atoms with van der Waals surface area (Å²) in [5.74, 6) is -0.303. The summed E-state index contributed by atoms with van der Waals surface area (Å²) in [5.41, 5.74) is 11.6. The molecule has 1 rings (SSSR count). The molecule has 0 saturated carbocycles. The normalized spacial score (nSPS) is 9.33. The van der Waals surface area contributed by atoms with Gasteiger partial charge in [-0.05, 0) is 0 Å². The number of carbonyl (C=O) groups is 1. The van der Waals surface area contributed by atoms with Crippen LogP contribution in [0.4, 0.5) is 5.82 Å². The van der Waals surface area contributed by atoms with E-state index >= 15 is 0 Å². The summed E-state index contributed by atoms with van der Waals surface area (Å²) >= 11 is 1.15. The zero-order valence-corrected chi connectivity index (χ0v) is 5.31. The Bertz CT molecular complexity index is 231. The van der Waals surface area contributed by atoms with Crippen molar-refractivity contribution in [1.29, 1.82) is 0 Å². The molecule has 0 aliphatic heterocycles. The minimum absolute atomic E-state index is 0.215. The van der Waals surface area contributed by atoms with Crippen LogP contribution in [0, 0.1) is 0 Å². The van der Waals surface area contributed by atoms with Crippen LogP contribution in [0.3, 0.4) is 0 Å². The van der Waals surface area contributed by atoms with Crippen LogP contribution in [0.15, 0.2) is 5.51 Å². The second-order valence-electron chi connectivity index (χ2n) is 1.43. The number of nitrogens with zero attached hydrogens (tertiary/aromatic N) is 1. The first-order valence-electron chi connectivity index (χ1n) is 2.20. The van der Waals surface area contributed by atoms with Crippen molar-refractivity contribution in [3.05, 3.63) is 10.4 Å². The average molecular weight is 143 g/mol. The maximum Gasteiger partial charge on any atom is 0.262 e. The standard InChI is InChI=1S/C4H5N3OS/c5-3-2(4(6)8)9-1-7-3/h1H,5H2,(H2,6,8). The van der Waals surface area contributed by atoms with E-state index in [1.165, 1.54) is 5.51 Å². The zero-order valence-electron chi connectivity index (χ0n) is 4.50. The molecule has 0 fully saturated rings. The Kier molecular flexibility index (Phi) is 1.35. The molecule has 0 radical (unpaired) electrons. The van der Waals surface area contributed by atoms with Gasteiger partial charge in [0.25, 0.3) is 5.91 Å². The first-order valence-corrected chi connectivity index (χ1v) is 3.08. The Morgan fingerprint density at radius 3 is 2.67 bits per heavy atom. The van der Waals surface area contributed by atoms with Crippen molar-refractivity contribution in [2.75, 3.05) is 5.73 Å². The number of primary amides is 1. The average Bonchev–Trinajstić information content (AvgIpc) is 2.13. The fourth-order valence-corrected chi connectivity index (χ4v) is 1.00. The Morgan fingerprint density at radius 2 is 2.44 bits per heavy atom. The SMILES string of the molecule is NC(=O)c1scnc1N. The number of nitrogens with two attached hydrogens (primary N) is 2. The van der Waals surface area contributed by atoms with E-state index in [1.54, 1.807) is 0 Å². The number of carbonyl (C=O) groups excluding carboxylic acids is 1. The summed E-state index contributed by atoms with van der Waals surface area (Å²) in [7, 11) is 0. The second-order valence-corrected chi connectivity index (χ2v) is 2.29. The Balaban J connectivity index is 3.08. The molecular formula is C4H5N3OS. The van der Waals surface area contributed by atoms with Crippen LogP contribution in [-0.2, 0) is 0 Å². The van der Waals surface area contributed by atoms with Crippen LogP contribution in [-0.4, -0.2) is 10.9 Å². The van der Waals surface area contributed by atoms with Crippen LogP contribution in [0.1, 0.15) is 9.67 Å². The molecule has 0 atom stereocenters. The van der Waals surface area contributed by atoms with Crippen LogP contribution in [0.2, 0.25) is 0 Å². The van der Waals surface area contributed by atoms with E-state index < -0.39 is 5.91 Å². The number of hydrogen-bond donors (Lipinski definition) is 2. The summed E-state index contributed by atoms with van der Waals surface area (Å²) in [5, 5.41) is 0. The van der Waals surface area contributed by atoms with Crippen LogP contribution >= 0.6 is 11.3 Å². The molecule has 4 N–H and O–H groups in total. The van der Waals surface area contributed by atoms with Gasteiger partial charge in [0.05, 0.1) is 5.51 Å². The van der Waals surface area contributed by atoms with Gasteiger partial charge < -0.3 is 11.5 Å². The maximum atomic E-state index is 10.4. The third kappa shape index (κ3) is 0.996. The van der Waals surface area contributed by atoms with Gasteiger partial charge in [-0.1, -0.05) is 0 Å². The lowest BCUT2D eigenvalue weighted by Crippen LogP contribution is -2.10. The largest absolute Gasteiger partial charge is 0.382 e. The van der Waals surface area contributed by atoms with E-state index in [4.69, 9.17) is 11.5 Å². The van der Waals surface area contributed by atoms with E-state index in [2.05, 4.69) is 4.98 Å². The van der Waals surface area contributed by atoms with Gasteiger partial charge >= 0.3 is 0 Å². The van der Waals surface area contributed by atoms with Crippen LogP contribution in [0.25, 0.3) is 0 Å². The molecule has 1 aromatic heterocycles. The van der Waals surface area contributed by atoms with Gasteiger partial charge in [0.15, 0.2) is 0 Å². The van der Waals surface area contributed by atoms with Crippen molar-refractivity contribution in [2.24, 2.45) is 5.73 Å². The molecule has 1 amide bonds. The number of aromatic nitrogens is 1. The predicted molar refractivity (Wildman–Crippen MR) is 35.0 cm³/mol. The van der Waals surface area contributed by atoms with Gasteiger partial charge in [-0.3, -0.25) is 4.79 Å². The van der Waals surface area contributed by atoms with Crippen molar-refractivity contribution in [1.82, 2.24) is 4.98 Å². The summed E-state index contributed by atoms with van der Waals surface area (Å²) < 4.78 is 0. The highest BCUT2D eigenvalue weighted by molar-refractivity contribution is 7.12. The van der Waals surface area contributed by atoms with E-state index in [-0.39, 0.29) is 5.82 Å². The molecule has 0 spiro atoms. The third-order valence-corrected chi connectivity index (χ3v) is 1.68. The lowest BCUT2D eigenvalue weighted by molar-refractivity contribution is 0.100. The zero-order chi connectivity index (χ0) is 6.85. The minimum atomic E-state index is -0.519. The molecule has 0 aromatic carbocycles. The van der Waals surface area contributed by atoms with Gasteiger partial charge in [-0.15, -0.1) is 11.3 Å². The van der Waals surface area contributed by atoms with Gasteiger partial charge in [-0.2, -0.15) is 0 Å². The molecular weight excluding hydrogens is 138 g/mol. The van der Waals surface area contributed by atoms with E-state index in [1.807, 2.05) is 0 Å². The van der Waals surface area contributed by atoms with Gasteiger partial charge in [0.1, 0.15) is 10.7 Å². The smallest absolute Gasteiger partial charge is 0.262 e. The second kappa shape index (κ2) is 2.02. The molecule has 4 nitrogen and oxygen atoms in total. The number of nitrogen functional groups attached to an aromatic ring is 1.